The smallest absolute Gasteiger partial charge is 0.0200 e. The maximum atomic E-state index is 2.19. The molecule has 0 saturated carbocycles. The van der Waals surface area contributed by atoms with Crippen molar-refractivity contribution in [2.45, 2.75) is 41.5 Å². The van der Waals surface area contributed by atoms with Gasteiger partial charge in [-0.3, -0.25) is 0 Å². The van der Waals surface area contributed by atoms with Gasteiger partial charge in [-0.25, -0.2) is 0 Å². The topological polar surface area (TPSA) is 0 Å². The highest BCUT2D eigenvalue weighted by Crippen LogP contribution is 2.13. The molecule has 0 saturated heterocycles. The Kier molecular flexibility index (Phi) is 9.03. The number of hydrogen-bond donors (Lipinski definition) is 0. The van der Waals surface area contributed by atoms with E-state index in [0.29, 0.717) is 5.41 Å². The summed E-state index contributed by atoms with van der Waals surface area (Å²) in [5.41, 5.74) is 0.319. The third kappa shape index (κ3) is 17.7. The lowest BCUT2D eigenvalue weighted by Gasteiger charge is -2.09. The van der Waals surface area contributed by atoms with Crippen LogP contribution in [0.15, 0.2) is 24.3 Å². The van der Waals surface area contributed by atoms with Gasteiger partial charge in [0.2, 0.25) is 0 Å². The standard InChI is InChI=1S/C9H16.C2H6/c1-5-6-7-8-9(2,3)4;1-2/h5-8H,1-4H3;1-2H3/b6-5-,8-7-;. The molecule has 0 aromatic heterocycles. The van der Waals surface area contributed by atoms with Gasteiger partial charge in [0.15, 0.2) is 0 Å². The highest BCUT2D eigenvalue weighted by atomic mass is 14.1. The fourth-order valence-corrected chi connectivity index (χ4v) is 0.455. The second-order valence-corrected chi connectivity index (χ2v) is 3.25. The molecule has 66 valence electrons. The summed E-state index contributed by atoms with van der Waals surface area (Å²) in [7, 11) is 0. The molecular formula is C11H22. The van der Waals surface area contributed by atoms with Crippen molar-refractivity contribution in [3.8, 4) is 0 Å². The first-order chi connectivity index (χ1) is 5.06. The molecule has 0 bridgehead atoms. The Labute approximate surface area is 72.0 Å². The SMILES string of the molecule is C/C=C\C=C/C(C)(C)C.CC. The second-order valence-electron chi connectivity index (χ2n) is 3.25. The molecule has 0 aliphatic carbocycles. The van der Waals surface area contributed by atoms with Gasteiger partial charge in [0.25, 0.3) is 0 Å². The molecule has 0 aliphatic heterocycles. The first-order valence-corrected chi connectivity index (χ1v) is 4.37. The third-order valence-electron chi connectivity index (χ3n) is 0.900. The van der Waals surface area contributed by atoms with Crippen molar-refractivity contribution in [3.05, 3.63) is 24.3 Å². The molecule has 0 rings (SSSR count). The lowest BCUT2D eigenvalue weighted by molar-refractivity contribution is 0.544. The Morgan fingerprint density at radius 1 is 0.909 bits per heavy atom. The molecule has 0 aliphatic rings. The van der Waals surface area contributed by atoms with Crippen molar-refractivity contribution in [1.29, 1.82) is 0 Å². The Balaban J connectivity index is 0. The fraction of sp³-hybridized carbons (Fsp3) is 0.636. The van der Waals surface area contributed by atoms with E-state index in [1.807, 2.05) is 32.9 Å². The van der Waals surface area contributed by atoms with Crippen molar-refractivity contribution >= 4 is 0 Å². The molecule has 0 unspecified atom stereocenters. The van der Waals surface area contributed by atoms with Crippen LogP contribution in [0.25, 0.3) is 0 Å². The molecule has 0 heteroatoms. The van der Waals surface area contributed by atoms with E-state index in [2.05, 4.69) is 32.9 Å². The van der Waals surface area contributed by atoms with E-state index < -0.39 is 0 Å². The second kappa shape index (κ2) is 7.59. The molecule has 0 spiro atoms. The minimum atomic E-state index is 0.319. The van der Waals surface area contributed by atoms with Gasteiger partial charge in [-0.05, 0) is 12.3 Å². The lowest BCUT2D eigenvalue weighted by atomic mass is 9.96. The highest BCUT2D eigenvalue weighted by Gasteiger charge is 2.01. The van der Waals surface area contributed by atoms with Crippen molar-refractivity contribution in [3.63, 3.8) is 0 Å². The Morgan fingerprint density at radius 3 is 1.64 bits per heavy atom. The van der Waals surface area contributed by atoms with Crippen LogP contribution in [0.4, 0.5) is 0 Å². The van der Waals surface area contributed by atoms with Gasteiger partial charge in [0.1, 0.15) is 0 Å². The van der Waals surface area contributed by atoms with Gasteiger partial charge in [-0.15, -0.1) is 0 Å². The molecule has 0 nitrogen and oxygen atoms in total. The van der Waals surface area contributed by atoms with Crippen LogP contribution in [0.1, 0.15) is 41.5 Å². The molecule has 0 aromatic carbocycles. The third-order valence-corrected chi connectivity index (χ3v) is 0.900. The molecule has 0 aromatic rings. The van der Waals surface area contributed by atoms with E-state index in [4.69, 9.17) is 0 Å². The van der Waals surface area contributed by atoms with Gasteiger partial charge in [-0.2, -0.15) is 0 Å². The van der Waals surface area contributed by atoms with Crippen LogP contribution < -0.4 is 0 Å². The van der Waals surface area contributed by atoms with Crippen molar-refractivity contribution < 1.29 is 0 Å². The Morgan fingerprint density at radius 2 is 1.36 bits per heavy atom. The summed E-state index contributed by atoms with van der Waals surface area (Å²) in [6.45, 7) is 12.6. The van der Waals surface area contributed by atoms with Gasteiger partial charge >= 0.3 is 0 Å². The minimum absolute atomic E-state index is 0.319. The molecule has 11 heavy (non-hydrogen) atoms. The van der Waals surface area contributed by atoms with Gasteiger partial charge in [0.05, 0.1) is 0 Å². The largest absolute Gasteiger partial charge is 0.0877 e. The van der Waals surface area contributed by atoms with Crippen LogP contribution in [0.3, 0.4) is 0 Å². The summed E-state index contributed by atoms with van der Waals surface area (Å²) in [4.78, 5) is 0. The lowest BCUT2D eigenvalue weighted by Crippen LogP contribution is -1.97. The summed E-state index contributed by atoms with van der Waals surface area (Å²) >= 11 is 0. The van der Waals surface area contributed by atoms with Crippen LogP contribution in [0, 0.1) is 5.41 Å². The monoisotopic (exact) mass is 154 g/mol. The van der Waals surface area contributed by atoms with Crippen molar-refractivity contribution in [2.24, 2.45) is 5.41 Å². The van der Waals surface area contributed by atoms with E-state index in [-0.39, 0.29) is 0 Å². The average Bonchev–Trinajstić information content (AvgIpc) is 1.90. The van der Waals surface area contributed by atoms with E-state index in [1.165, 1.54) is 0 Å². The summed E-state index contributed by atoms with van der Waals surface area (Å²) in [6.07, 6.45) is 8.35. The van der Waals surface area contributed by atoms with Crippen LogP contribution in [-0.4, -0.2) is 0 Å². The highest BCUT2D eigenvalue weighted by molar-refractivity contribution is 5.04. The zero-order valence-corrected chi connectivity index (χ0v) is 8.81. The maximum Gasteiger partial charge on any atom is -0.0200 e. The molecule has 0 amide bonds. The number of hydrogen-bond acceptors (Lipinski definition) is 0. The average molecular weight is 154 g/mol. The normalized spacial score (nSPS) is 11.8. The van der Waals surface area contributed by atoms with Crippen LogP contribution in [0.2, 0.25) is 0 Å². The van der Waals surface area contributed by atoms with Crippen molar-refractivity contribution in [2.75, 3.05) is 0 Å². The first kappa shape index (κ1) is 13.1. The summed E-state index contributed by atoms with van der Waals surface area (Å²) in [5.74, 6) is 0. The Bertz CT molecular complexity index is 110. The van der Waals surface area contributed by atoms with Crippen LogP contribution >= 0.6 is 0 Å². The maximum absolute atomic E-state index is 2.19. The summed E-state index contributed by atoms with van der Waals surface area (Å²) in [5, 5.41) is 0. The molecule has 0 heterocycles. The van der Waals surface area contributed by atoms with E-state index in [0.717, 1.165) is 0 Å². The van der Waals surface area contributed by atoms with Crippen LogP contribution in [0.5, 0.6) is 0 Å². The summed E-state index contributed by atoms with van der Waals surface area (Å²) < 4.78 is 0. The van der Waals surface area contributed by atoms with E-state index in [9.17, 15) is 0 Å². The molecular weight excluding hydrogens is 132 g/mol. The predicted octanol–water partition coefficient (Wildman–Crippen LogP) is 4.19. The molecule has 0 atom stereocenters. The zero-order valence-electron chi connectivity index (χ0n) is 8.81. The first-order valence-electron chi connectivity index (χ1n) is 4.37. The summed E-state index contributed by atoms with van der Waals surface area (Å²) in [6, 6.07) is 0. The number of allylic oxidation sites excluding steroid dienone is 4. The van der Waals surface area contributed by atoms with Gasteiger partial charge in [-0.1, -0.05) is 58.9 Å². The molecule has 0 N–H and O–H groups in total. The van der Waals surface area contributed by atoms with E-state index >= 15 is 0 Å². The van der Waals surface area contributed by atoms with Gasteiger partial charge < -0.3 is 0 Å². The fourth-order valence-electron chi connectivity index (χ4n) is 0.455. The zero-order chi connectivity index (χ0) is 9.33. The predicted molar refractivity (Wildman–Crippen MR) is 54.8 cm³/mol. The minimum Gasteiger partial charge on any atom is -0.0877 e. The van der Waals surface area contributed by atoms with Gasteiger partial charge in [0, 0.05) is 0 Å². The molecule has 0 radical (unpaired) electrons. The quantitative estimate of drug-likeness (QED) is 0.497. The molecule has 0 fully saturated rings. The van der Waals surface area contributed by atoms with Crippen LogP contribution in [-0.2, 0) is 0 Å². The number of rotatable bonds is 1. The Hall–Kier alpha value is -0.520. The van der Waals surface area contributed by atoms with Crippen molar-refractivity contribution in [1.82, 2.24) is 0 Å². The van der Waals surface area contributed by atoms with E-state index in [1.54, 1.807) is 0 Å².